The molecule has 3 nitrogen and oxygen atoms in total. The number of benzene rings is 2. The van der Waals surface area contributed by atoms with Crippen LogP contribution in [0.5, 0.6) is 11.5 Å². The zero-order chi connectivity index (χ0) is 31.9. The summed E-state index contributed by atoms with van der Waals surface area (Å²) in [4.78, 5) is 0. The average molecular weight is 752 g/mol. The monoisotopic (exact) mass is 751 g/mol. The van der Waals surface area contributed by atoms with Gasteiger partial charge in [0.1, 0.15) is 6.54 Å². The van der Waals surface area contributed by atoms with Crippen LogP contribution in [0.4, 0.5) is 22.0 Å². The second kappa shape index (κ2) is 21.1. The van der Waals surface area contributed by atoms with Gasteiger partial charge in [0.25, 0.3) is 0 Å². The van der Waals surface area contributed by atoms with Crippen molar-refractivity contribution in [2.24, 2.45) is 0 Å². The van der Waals surface area contributed by atoms with E-state index in [0.29, 0.717) is 37.5 Å². The van der Waals surface area contributed by atoms with Gasteiger partial charge in [-0.2, -0.15) is 0 Å². The van der Waals surface area contributed by atoms with Crippen molar-refractivity contribution in [1.82, 2.24) is 0 Å². The highest BCUT2D eigenvalue weighted by molar-refractivity contribution is 5.99. The number of rotatable bonds is 21. The number of hydrogen-bond acceptors (Lipinski definition) is 2. The molecule has 0 fully saturated rings. The third-order valence-corrected chi connectivity index (χ3v) is 8.68. The Kier molecular flexibility index (Phi) is 18.4. The standard InChI is InChI=1S/C36H51F5NO2.HI/c1-4-6-8-10-12-13-14-15-17-19-29-26-20-21-30(43-3)36(44-24-18-16-11-9-7-5-2)27(26)22-23-42(29)25-28-31(37)33(39)35(41)34(40)32(28)38;/h20-21H,4-19,22-25H2,1-3H3;1H/q+1;/p-1. The van der Waals surface area contributed by atoms with Crippen LogP contribution in [0.1, 0.15) is 133 Å². The van der Waals surface area contributed by atoms with Crippen molar-refractivity contribution in [1.29, 1.82) is 0 Å². The molecule has 0 aliphatic carbocycles. The first-order valence-electron chi connectivity index (χ1n) is 16.8. The molecule has 0 radical (unpaired) electrons. The molecule has 0 saturated carbocycles. The Balaban J connectivity index is 0.00000705. The van der Waals surface area contributed by atoms with Gasteiger partial charge in [0.15, 0.2) is 47.0 Å². The summed E-state index contributed by atoms with van der Waals surface area (Å²) in [7, 11) is 1.60. The van der Waals surface area contributed by atoms with Gasteiger partial charge in [0.2, 0.25) is 5.82 Å². The molecule has 0 bridgehead atoms. The minimum atomic E-state index is -2.13. The number of halogens is 6. The Morgan fingerprint density at radius 3 is 1.73 bits per heavy atom. The largest absolute Gasteiger partial charge is 1.00 e. The highest BCUT2D eigenvalue weighted by Crippen LogP contribution is 2.37. The van der Waals surface area contributed by atoms with Crippen molar-refractivity contribution < 1.29 is 60.0 Å². The number of fused-ring (bicyclic) bond motifs is 1. The third kappa shape index (κ3) is 11.1. The molecule has 0 atom stereocenters. The van der Waals surface area contributed by atoms with Crippen LogP contribution in [0.2, 0.25) is 0 Å². The first kappa shape index (κ1) is 39.3. The van der Waals surface area contributed by atoms with Crippen LogP contribution in [-0.4, -0.2) is 30.5 Å². The van der Waals surface area contributed by atoms with Crippen molar-refractivity contribution in [3.05, 3.63) is 57.9 Å². The molecule has 2 aromatic carbocycles. The summed E-state index contributed by atoms with van der Waals surface area (Å²) in [6, 6.07) is 3.77. The van der Waals surface area contributed by atoms with Gasteiger partial charge in [-0.1, -0.05) is 97.3 Å². The number of unbranched alkanes of at least 4 members (excludes halogenated alkanes) is 13. The highest BCUT2D eigenvalue weighted by atomic mass is 127. The molecular weight excluding hydrogens is 700 g/mol. The lowest BCUT2D eigenvalue weighted by Gasteiger charge is -2.23. The number of ether oxygens (including phenoxy) is 2. The van der Waals surface area contributed by atoms with E-state index in [1.165, 1.54) is 57.8 Å². The molecule has 2 aromatic rings. The van der Waals surface area contributed by atoms with Crippen LogP contribution < -0.4 is 33.5 Å². The lowest BCUT2D eigenvalue weighted by atomic mass is 9.91. The fourth-order valence-corrected chi connectivity index (χ4v) is 6.10. The zero-order valence-electron chi connectivity index (χ0n) is 27.3. The summed E-state index contributed by atoms with van der Waals surface area (Å²) in [6.07, 6.45) is 18.3. The molecule has 0 amide bonds. The first-order chi connectivity index (χ1) is 21.3. The molecule has 45 heavy (non-hydrogen) atoms. The summed E-state index contributed by atoms with van der Waals surface area (Å²) in [6.45, 7) is 4.91. The third-order valence-electron chi connectivity index (χ3n) is 8.68. The van der Waals surface area contributed by atoms with Crippen LogP contribution in [0.25, 0.3) is 0 Å². The zero-order valence-corrected chi connectivity index (χ0v) is 29.5. The van der Waals surface area contributed by atoms with E-state index in [0.717, 1.165) is 55.4 Å². The van der Waals surface area contributed by atoms with Crippen molar-refractivity contribution in [2.45, 2.75) is 130 Å². The molecule has 0 saturated heterocycles. The summed E-state index contributed by atoms with van der Waals surface area (Å²) in [5.74, 6) is -8.19. The molecule has 0 aromatic heterocycles. The van der Waals surface area contributed by atoms with E-state index >= 15 is 0 Å². The van der Waals surface area contributed by atoms with Gasteiger partial charge >= 0.3 is 0 Å². The van der Waals surface area contributed by atoms with Crippen LogP contribution in [0, 0.1) is 29.1 Å². The Bertz CT molecular complexity index is 1210. The maximum absolute atomic E-state index is 14.7. The van der Waals surface area contributed by atoms with Gasteiger partial charge in [-0.15, -0.1) is 0 Å². The highest BCUT2D eigenvalue weighted by Gasteiger charge is 2.33. The topological polar surface area (TPSA) is 21.5 Å². The van der Waals surface area contributed by atoms with Gasteiger partial charge < -0.3 is 33.5 Å². The quantitative estimate of drug-likeness (QED) is 0.0327. The summed E-state index contributed by atoms with van der Waals surface area (Å²) in [5, 5.41) is 0. The molecular formula is C36H51F5INO2. The lowest BCUT2D eigenvalue weighted by molar-refractivity contribution is -0.546. The molecule has 1 heterocycles. The van der Waals surface area contributed by atoms with Gasteiger partial charge in [-0.05, 0) is 25.0 Å². The maximum atomic E-state index is 14.7. The SMILES string of the molecule is CCCCCCCCCCCC1=[N+](Cc2c(F)c(F)c(F)c(F)c2F)CCc2c1ccc(OC)c2OCCCCCCCC.[I-]. The molecule has 1 aliphatic rings. The Labute approximate surface area is 284 Å². The van der Waals surface area contributed by atoms with E-state index in [1.807, 2.05) is 12.1 Å². The molecule has 3 rings (SSSR count). The van der Waals surface area contributed by atoms with E-state index < -0.39 is 41.2 Å². The van der Waals surface area contributed by atoms with E-state index in [-0.39, 0.29) is 24.0 Å². The molecule has 0 spiro atoms. The van der Waals surface area contributed by atoms with Crippen molar-refractivity contribution in [3.8, 4) is 11.5 Å². The van der Waals surface area contributed by atoms with E-state index in [4.69, 9.17) is 9.47 Å². The summed E-state index contributed by atoms with van der Waals surface area (Å²) >= 11 is 0. The Morgan fingerprint density at radius 1 is 0.667 bits per heavy atom. The number of methoxy groups -OCH3 is 1. The van der Waals surface area contributed by atoms with Gasteiger partial charge in [0.05, 0.1) is 19.3 Å². The molecule has 254 valence electrons. The molecule has 0 N–H and O–H groups in total. The van der Waals surface area contributed by atoms with Crippen LogP contribution in [0.3, 0.4) is 0 Å². The van der Waals surface area contributed by atoms with Gasteiger partial charge in [0, 0.05) is 24.0 Å². The van der Waals surface area contributed by atoms with E-state index in [2.05, 4.69) is 13.8 Å². The predicted octanol–water partition coefficient (Wildman–Crippen LogP) is 7.61. The number of nitrogens with zero attached hydrogens (tertiary/aromatic N) is 1. The maximum Gasteiger partial charge on any atom is 0.200 e. The summed E-state index contributed by atoms with van der Waals surface area (Å²) < 4.78 is 85.0. The van der Waals surface area contributed by atoms with Crippen LogP contribution in [-0.2, 0) is 13.0 Å². The van der Waals surface area contributed by atoms with Crippen molar-refractivity contribution in [2.75, 3.05) is 20.3 Å². The molecule has 0 unspecified atom stereocenters. The van der Waals surface area contributed by atoms with Gasteiger partial charge in [-0.3, -0.25) is 0 Å². The fourth-order valence-electron chi connectivity index (χ4n) is 6.10. The van der Waals surface area contributed by atoms with Crippen molar-refractivity contribution >= 4 is 5.71 Å². The Morgan fingerprint density at radius 2 is 1.18 bits per heavy atom. The predicted molar refractivity (Wildman–Crippen MR) is 167 cm³/mol. The smallest absolute Gasteiger partial charge is 0.200 e. The second-order valence-electron chi connectivity index (χ2n) is 12.0. The number of hydrogen-bond donors (Lipinski definition) is 0. The fraction of sp³-hybridized carbons (Fsp3) is 0.639. The normalized spacial score (nSPS) is 12.7. The van der Waals surface area contributed by atoms with E-state index in [9.17, 15) is 22.0 Å². The van der Waals surface area contributed by atoms with Crippen LogP contribution in [0.15, 0.2) is 12.1 Å². The average Bonchev–Trinajstić information content (AvgIpc) is 3.03. The second-order valence-corrected chi connectivity index (χ2v) is 12.0. The first-order valence-corrected chi connectivity index (χ1v) is 16.8. The minimum Gasteiger partial charge on any atom is -1.00 e. The van der Waals surface area contributed by atoms with Crippen LogP contribution >= 0.6 is 0 Å². The van der Waals surface area contributed by atoms with Gasteiger partial charge in [-0.25, -0.2) is 26.5 Å². The molecule has 1 aliphatic heterocycles. The summed E-state index contributed by atoms with van der Waals surface area (Å²) in [5.41, 5.74) is 1.89. The molecule has 9 heteroatoms. The lowest BCUT2D eigenvalue weighted by Crippen LogP contribution is -3.00. The van der Waals surface area contributed by atoms with Crippen molar-refractivity contribution in [3.63, 3.8) is 0 Å². The van der Waals surface area contributed by atoms with E-state index in [1.54, 1.807) is 11.7 Å². The Hall–Kier alpha value is -1.91. The minimum absolute atomic E-state index is 0.